The Balaban J connectivity index is 1.34. The first-order chi connectivity index (χ1) is 17.1. The van der Waals surface area contributed by atoms with Crippen molar-refractivity contribution in [1.82, 2.24) is 25.0 Å². The quantitative estimate of drug-likeness (QED) is 0.187. The predicted molar refractivity (Wildman–Crippen MR) is 127 cm³/mol. The maximum absolute atomic E-state index is 10.9. The molecule has 1 fully saturated rings. The van der Waals surface area contributed by atoms with E-state index in [1.54, 1.807) is 19.2 Å². The number of aromatic nitrogens is 5. The first kappa shape index (κ1) is 23.0. The third kappa shape index (κ3) is 5.17. The van der Waals surface area contributed by atoms with Gasteiger partial charge in [0, 0.05) is 29.9 Å². The third-order valence-electron chi connectivity index (χ3n) is 5.59. The summed E-state index contributed by atoms with van der Waals surface area (Å²) in [5, 5.41) is 28.6. The molecular weight excluding hydrogens is 472 g/mol. The van der Waals surface area contributed by atoms with Crippen LogP contribution in [0.4, 0.5) is 5.69 Å². The second kappa shape index (κ2) is 10.2. The van der Waals surface area contributed by atoms with Crippen LogP contribution in [0, 0.1) is 10.1 Å². The van der Waals surface area contributed by atoms with Gasteiger partial charge in [-0.2, -0.15) is 0 Å². The van der Waals surface area contributed by atoms with Gasteiger partial charge in [-0.25, -0.2) is 0 Å². The second-order valence-corrected chi connectivity index (χ2v) is 8.82. The van der Waals surface area contributed by atoms with Crippen LogP contribution in [0.3, 0.4) is 0 Å². The second-order valence-electron chi connectivity index (χ2n) is 7.87. The van der Waals surface area contributed by atoms with E-state index < -0.39 is 4.92 Å². The van der Waals surface area contributed by atoms with Gasteiger partial charge in [-0.3, -0.25) is 14.7 Å². The van der Waals surface area contributed by atoms with Crippen LogP contribution in [-0.2, 0) is 17.0 Å². The number of hydrogen-bond acceptors (Lipinski definition) is 10. The smallest absolute Gasteiger partial charge is 0.269 e. The van der Waals surface area contributed by atoms with Crippen LogP contribution in [0.2, 0.25) is 0 Å². The van der Waals surface area contributed by atoms with Crippen LogP contribution in [0.25, 0.3) is 22.8 Å². The average Bonchev–Trinajstić information content (AvgIpc) is 3.65. The summed E-state index contributed by atoms with van der Waals surface area (Å²) < 4.78 is 19.0. The Bertz CT molecular complexity index is 1300. The lowest BCUT2D eigenvalue weighted by Gasteiger charge is -2.14. The Morgan fingerprint density at radius 1 is 1.09 bits per heavy atom. The van der Waals surface area contributed by atoms with Crippen molar-refractivity contribution in [2.45, 2.75) is 36.4 Å². The lowest BCUT2D eigenvalue weighted by Crippen LogP contribution is -2.16. The van der Waals surface area contributed by atoms with Gasteiger partial charge in [-0.05, 0) is 49.2 Å². The van der Waals surface area contributed by atoms with E-state index in [0.717, 1.165) is 41.7 Å². The molecule has 0 amide bonds. The highest BCUT2D eigenvalue weighted by atomic mass is 32.2. The summed E-state index contributed by atoms with van der Waals surface area (Å²) in [7, 11) is 1.63. The molecule has 0 radical (unpaired) electrons. The number of methoxy groups -OCH3 is 1. The number of rotatable bonds is 9. The normalized spacial score (nSPS) is 15.4. The van der Waals surface area contributed by atoms with Gasteiger partial charge >= 0.3 is 0 Å². The van der Waals surface area contributed by atoms with Gasteiger partial charge in [-0.15, -0.1) is 20.4 Å². The minimum absolute atomic E-state index is 0.00212. The average molecular weight is 495 g/mol. The van der Waals surface area contributed by atoms with E-state index in [9.17, 15) is 10.1 Å². The Hall–Kier alpha value is -3.77. The SMILES string of the molecule is COc1ccc(-c2nnc(SCc3nnc(-c4ccc([N+](=O)[O-])cc4)o3)n2CC2CCCO2)cc1. The van der Waals surface area contributed by atoms with E-state index in [0.29, 0.717) is 29.6 Å². The number of benzene rings is 2. The van der Waals surface area contributed by atoms with E-state index in [-0.39, 0.29) is 11.8 Å². The predicted octanol–water partition coefficient (Wildman–Crippen LogP) is 4.38. The van der Waals surface area contributed by atoms with Crippen molar-refractivity contribution >= 4 is 17.4 Å². The number of hydrogen-bond donors (Lipinski definition) is 0. The molecule has 0 saturated carbocycles. The minimum atomic E-state index is -0.452. The summed E-state index contributed by atoms with van der Waals surface area (Å²) in [5.74, 6) is 2.64. The van der Waals surface area contributed by atoms with Crippen molar-refractivity contribution in [1.29, 1.82) is 0 Å². The van der Waals surface area contributed by atoms with Gasteiger partial charge in [0.05, 0.1) is 30.4 Å². The Morgan fingerprint density at radius 2 is 1.86 bits per heavy atom. The van der Waals surface area contributed by atoms with Crippen molar-refractivity contribution in [3.63, 3.8) is 0 Å². The van der Waals surface area contributed by atoms with Crippen LogP contribution in [0.15, 0.2) is 58.1 Å². The highest BCUT2D eigenvalue weighted by molar-refractivity contribution is 7.98. The summed E-state index contributed by atoms with van der Waals surface area (Å²) in [6.45, 7) is 1.41. The number of nitro benzene ring substituents is 1. The minimum Gasteiger partial charge on any atom is -0.497 e. The molecular formula is C23H22N6O5S. The summed E-state index contributed by atoms with van der Waals surface area (Å²) in [5.41, 5.74) is 1.55. The fourth-order valence-electron chi connectivity index (χ4n) is 3.79. The first-order valence-electron chi connectivity index (χ1n) is 11.0. The zero-order chi connectivity index (χ0) is 24.2. The molecule has 11 nitrogen and oxygen atoms in total. The molecule has 2 aromatic carbocycles. The maximum atomic E-state index is 10.9. The van der Waals surface area contributed by atoms with Crippen molar-refractivity contribution < 1.29 is 18.8 Å². The van der Waals surface area contributed by atoms with Crippen molar-refractivity contribution in [2.75, 3.05) is 13.7 Å². The van der Waals surface area contributed by atoms with Crippen molar-refractivity contribution in [3.8, 4) is 28.6 Å². The Morgan fingerprint density at radius 3 is 2.54 bits per heavy atom. The first-order valence-corrected chi connectivity index (χ1v) is 12.0. The fraction of sp³-hybridized carbons (Fsp3) is 0.304. The molecule has 0 bridgehead atoms. The van der Waals surface area contributed by atoms with Gasteiger partial charge in [0.2, 0.25) is 11.8 Å². The van der Waals surface area contributed by atoms with E-state index in [1.165, 1.54) is 23.9 Å². The van der Waals surface area contributed by atoms with E-state index in [1.807, 2.05) is 24.3 Å². The zero-order valence-electron chi connectivity index (χ0n) is 18.9. The molecule has 0 N–H and O–H groups in total. The highest BCUT2D eigenvalue weighted by Crippen LogP contribution is 2.30. The summed E-state index contributed by atoms with van der Waals surface area (Å²) in [6, 6.07) is 13.7. The largest absolute Gasteiger partial charge is 0.497 e. The third-order valence-corrected chi connectivity index (χ3v) is 6.54. The summed E-state index contributed by atoms with van der Waals surface area (Å²) in [6.07, 6.45) is 2.15. The molecule has 1 atom stereocenters. The van der Waals surface area contributed by atoms with E-state index >= 15 is 0 Å². The zero-order valence-corrected chi connectivity index (χ0v) is 19.7. The molecule has 4 aromatic rings. The van der Waals surface area contributed by atoms with Crippen LogP contribution in [0.5, 0.6) is 5.75 Å². The molecule has 1 aliphatic rings. The van der Waals surface area contributed by atoms with Gasteiger partial charge in [0.25, 0.3) is 5.69 Å². The van der Waals surface area contributed by atoms with Crippen molar-refractivity contribution in [3.05, 3.63) is 64.5 Å². The Kier molecular flexibility index (Phi) is 6.73. The molecule has 180 valence electrons. The fourth-order valence-corrected chi connectivity index (χ4v) is 4.57. The lowest BCUT2D eigenvalue weighted by molar-refractivity contribution is -0.384. The molecule has 2 aromatic heterocycles. The van der Waals surface area contributed by atoms with Gasteiger partial charge in [-0.1, -0.05) is 11.8 Å². The molecule has 1 saturated heterocycles. The molecule has 35 heavy (non-hydrogen) atoms. The molecule has 3 heterocycles. The van der Waals surface area contributed by atoms with Crippen molar-refractivity contribution in [2.24, 2.45) is 0 Å². The summed E-state index contributed by atoms with van der Waals surface area (Å²) >= 11 is 1.45. The van der Waals surface area contributed by atoms with E-state index in [2.05, 4.69) is 25.0 Å². The van der Waals surface area contributed by atoms with Crippen LogP contribution < -0.4 is 4.74 Å². The highest BCUT2D eigenvalue weighted by Gasteiger charge is 2.22. The van der Waals surface area contributed by atoms with Gasteiger partial charge < -0.3 is 13.9 Å². The molecule has 1 unspecified atom stereocenters. The maximum Gasteiger partial charge on any atom is 0.269 e. The van der Waals surface area contributed by atoms with Crippen LogP contribution in [-0.4, -0.2) is 49.7 Å². The summed E-state index contributed by atoms with van der Waals surface area (Å²) in [4.78, 5) is 10.4. The number of thioether (sulfide) groups is 1. The number of ether oxygens (including phenoxy) is 2. The Labute approximate surface area is 204 Å². The van der Waals surface area contributed by atoms with Gasteiger partial charge in [0.1, 0.15) is 5.75 Å². The number of nitro groups is 1. The number of non-ortho nitro benzene ring substituents is 1. The molecule has 1 aliphatic heterocycles. The van der Waals surface area contributed by atoms with Gasteiger partial charge in [0.15, 0.2) is 11.0 Å². The standard InChI is InChI=1S/C23H22N6O5S/c1-32-18-10-6-15(7-11-18)21-25-27-23(28(21)13-19-3-2-12-33-19)35-14-20-24-26-22(34-20)16-4-8-17(9-5-16)29(30)31/h4-11,19H,2-3,12-14H2,1H3. The van der Waals surface area contributed by atoms with E-state index in [4.69, 9.17) is 13.9 Å². The molecule has 5 rings (SSSR count). The monoisotopic (exact) mass is 494 g/mol. The lowest BCUT2D eigenvalue weighted by atomic mass is 10.2. The molecule has 0 aliphatic carbocycles. The number of nitrogens with zero attached hydrogens (tertiary/aromatic N) is 6. The molecule has 12 heteroatoms. The molecule has 0 spiro atoms. The van der Waals surface area contributed by atoms with Crippen LogP contribution >= 0.6 is 11.8 Å². The topological polar surface area (TPSA) is 131 Å². The van der Waals surface area contributed by atoms with Crippen LogP contribution in [0.1, 0.15) is 18.7 Å².